The van der Waals surface area contributed by atoms with Crippen LogP contribution in [0.15, 0.2) is 18.2 Å². The number of ether oxygens (including phenoxy) is 2. The number of nitrogens with one attached hydrogen (secondary N) is 1. The van der Waals surface area contributed by atoms with Gasteiger partial charge in [0.25, 0.3) is 0 Å². The summed E-state index contributed by atoms with van der Waals surface area (Å²) in [5.41, 5.74) is 0.813. The van der Waals surface area contributed by atoms with Crippen molar-refractivity contribution in [2.45, 2.75) is 26.5 Å². The molecular formula is C12H19NO4S. The van der Waals surface area contributed by atoms with E-state index < -0.39 is 10.0 Å². The van der Waals surface area contributed by atoms with Crippen molar-refractivity contribution in [1.82, 2.24) is 4.72 Å². The second-order valence-electron chi connectivity index (χ2n) is 4.25. The Kier molecular flexibility index (Phi) is 4.98. The predicted octanol–water partition coefficient (Wildman–Crippen LogP) is 1.53. The minimum Gasteiger partial charge on any atom is -0.493 e. The molecule has 5 nitrogen and oxygen atoms in total. The zero-order valence-electron chi connectivity index (χ0n) is 11.1. The van der Waals surface area contributed by atoms with Gasteiger partial charge in [-0.3, -0.25) is 0 Å². The van der Waals surface area contributed by atoms with Crippen LogP contribution in [0.5, 0.6) is 11.5 Å². The van der Waals surface area contributed by atoms with Gasteiger partial charge in [0.15, 0.2) is 11.5 Å². The third kappa shape index (κ3) is 4.93. The average molecular weight is 273 g/mol. The van der Waals surface area contributed by atoms with E-state index in [0.29, 0.717) is 11.5 Å². The highest BCUT2D eigenvalue weighted by Gasteiger charge is 2.08. The van der Waals surface area contributed by atoms with Gasteiger partial charge in [0, 0.05) is 6.54 Å². The average Bonchev–Trinajstić information content (AvgIpc) is 2.26. The van der Waals surface area contributed by atoms with Crippen molar-refractivity contribution in [3.63, 3.8) is 0 Å². The molecule has 0 atom stereocenters. The maximum absolute atomic E-state index is 11.0. The monoisotopic (exact) mass is 273 g/mol. The Morgan fingerprint density at radius 2 is 1.94 bits per heavy atom. The number of benzene rings is 1. The maximum atomic E-state index is 11.0. The van der Waals surface area contributed by atoms with E-state index >= 15 is 0 Å². The van der Waals surface area contributed by atoms with Gasteiger partial charge in [-0.1, -0.05) is 6.07 Å². The molecule has 0 heterocycles. The van der Waals surface area contributed by atoms with Crippen LogP contribution in [0.4, 0.5) is 0 Å². The lowest BCUT2D eigenvalue weighted by atomic mass is 10.2. The summed E-state index contributed by atoms with van der Waals surface area (Å²) >= 11 is 0. The maximum Gasteiger partial charge on any atom is 0.209 e. The van der Waals surface area contributed by atoms with E-state index in [1.54, 1.807) is 25.3 Å². The fraction of sp³-hybridized carbons (Fsp3) is 0.500. The van der Waals surface area contributed by atoms with E-state index in [1.807, 2.05) is 13.8 Å². The molecule has 0 bridgehead atoms. The van der Waals surface area contributed by atoms with Crippen molar-refractivity contribution < 1.29 is 17.9 Å². The van der Waals surface area contributed by atoms with Gasteiger partial charge in [-0.2, -0.15) is 0 Å². The Morgan fingerprint density at radius 3 is 2.44 bits per heavy atom. The fourth-order valence-corrected chi connectivity index (χ4v) is 1.82. The van der Waals surface area contributed by atoms with Gasteiger partial charge in [0.1, 0.15) is 0 Å². The summed E-state index contributed by atoms with van der Waals surface area (Å²) in [5, 5.41) is 0. The van der Waals surface area contributed by atoms with Crippen LogP contribution in [0, 0.1) is 0 Å². The third-order valence-corrected chi connectivity index (χ3v) is 2.80. The van der Waals surface area contributed by atoms with Crippen LogP contribution in [-0.4, -0.2) is 27.9 Å². The molecule has 0 fully saturated rings. The van der Waals surface area contributed by atoms with Crippen molar-refractivity contribution in [2.75, 3.05) is 13.4 Å². The first kappa shape index (κ1) is 14.8. The Balaban J connectivity index is 2.85. The molecule has 18 heavy (non-hydrogen) atoms. The van der Waals surface area contributed by atoms with Crippen molar-refractivity contribution in [3.05, 3.63) is 23.8 Å². The predicted molar refractivity (Wildman–Crippen MR) is 70.4 cm³/mol. The van der Waals surface area contributed by atoms with Gasteiger partial charge < -0.3 is 9.47 Å². The number of hydrogen-bond donors (Lipinski definition) is 1. The molecule has 0 spiro atoms. The first-order valence-electron chi connectivity index (χ1n) is 5.60. The van der Waals surface area contributed by atoms with Gasteiger partial charge in [-0.15, -0.1) is 0 Å². The van der Waals surface area contributed by atoms with Crippen LogP contribution in [0.1, 0.15) is 19.4 Å². The molecule has 1 rings (SSSR count). The highest BCUT2D eigenvalue weighted by Crippen LogP contribution is 2.28. The second kappa shape index (κ2) is 6.06. The van der Waals surface area contributed by atoms with Gasteiger partial charge in [-0.25, -0.2) is 13.1 Å². The molecule has 1 aromatic carbocycles. The molecule has 0 aliphatic heterocycles. The number of sulfonamides is 1. The van der Waals surface area contributed by atoms with E-state index in [4.69, 9.17) is 9.47 Å². The van der Waals surface area contributed by atoms with Crippen molar-refractivity contribution >= 4 is 10.0 Å². The second-order valence-corrected chi connectivity index (χ2v) is 6.08. The molecule has 6 heteroatoms. The smallest absolute Gasteiger partial charge is 0.209 e. The van der Waals surface area contributed by atoms with E-state index in [1.165, 1.54) is 0 Å². The molecule has 0 saturated heterocycles. The summed E-state index contributed by atoms with van der Waals surface area (Å²) in [7, 11) is -1.64. The molecule has 0 radical (unpaired) electrons. The molecule has 1 aromatic rings. The summed E-state index contributed by atoms with van der Waals surface area (Å²) in [4.78, 5) is 0. The van der Waals surface area contributed by atoms with Crippen LogP contribution in [0.25, 0.3) is 0 Å². The third-order valence-electron chi connectivity index (χ3n) is 2.13. The highest BCUT2D eigenvalue weighted by molar-refractivity contribution is 7.88. The van der Waals surface area contributed by atoms with Crippen LogP contribution >= 0.6 is 0 Å². The molecule has 0 aromatic heterocycles. The molecule has 0 unspecified atom stereocenters. The minimum atomic E-state index is -3.19. The van der Waals surface area contributed by atoms with Crippen LogP contribution in [0.2, 0.25) is 0 Å². The fourth-order valence-electron chi connectivity index (χ4n) is 1.39. The number of rotatable bonds is 6. The van der Waals surface area contributed by atoms with Crippen LogP contribution < -0.4 is 14.2 Å². The van der Waals surface area contributed by atoms with Gasteiger partial charge in [0.2, 0.25) is 10.0 Å². The van der Waals surface area contributed by atoms with E-state index in [-0.39, 0.29) is 12.6 Å². The minimum absolute atomic E-state index is 0.0545. The first-order chi connectivity index (χ1) is 8.31. The lowest BCUT2D eigenvalue weighted by Crippen LogP contribution is -2.21. The van der Waals surface area contributed by atoms with E-state index in [0.717, 1.165) is 11.8 Å². The quantitative estimate of drug-likeness (QED) is 0.853. The van der Waals surface area contributed by atoms with Gasteiger partial charge in [0.05, 0.1) is 19.5 Å². The van der Waals surface area contributed by atoms with Crippen LogP contribution in [0.3, 0.4) is 0 Å². The molecule has 102 valence electrons. The Hall–Kier alpha value is -1.27. The molecule has 0 saturated carbocycles. The number of hydrogen-bond acceptors (Lipinski definition) is 4. The number of methoxy groups -OCH3 is 1. The Morgan fingerprint density at radius 1 is 1.28 bits per heavy atom. The molecule has 0 aliphatic rings. The normalized spacial score (nSPS) is 11.6. The Labute approximate surface area is 108 Å². The molecule has 1 N–H and O–H groups in total. The SMILES string of the molecule is COc1cc(CNS(C)(=O)=O)ccc1OC(C)C. The summed E-state index contributed by atoms with van der Waals surface area (Å²) < 4.78 is 35.2. The lowest BCUT2D eigenvalue weighted by molar-refractivity contribution is 0.230. The topological polar surface area (TPSA) is 64.6 Å². The summed E-state index contributed by atoms with van der Waals surface area (Å²) in [6.45, 7) is 4.09. The first-order valence-corrected chi connectivity index (χ1v) is 7.49. The lowest BCUT2D eigenvalue weighted by Gasteiger charge is -2.14. The highest BCUT2D eigenvalue weighted by atomic mass is 32.2. The van der Waals surface area contributed by atoms with E-state index in [2.05, 4.69) is 4.72 Å². The molecule has 0 aliphatic carbocycles. The van der Waals surface area contributed by atoms with E-state index in [9.17, 15) is 8.42 Å². The van der Waals surface area contributed by atoms with Gasteiger partial charge in [-0.05, 0) is 31.5 Å². The zero-order valence-corrected chi connectivity index (χ0v) is 11.9. The standard InChI is InChI=1S/C12H19NO4S/c1-9(2)17-11-6-5-10(7-12(11)16-3)8-13-18(4,14)15/h5-7,9,13H,8H2,1-4H3. The molecule has 0 amide bonds. The van der Waals surface area contributed by atoms with Crippen molar-refractivity contribution in [2.24, 2.45) is 0 Å². The Bertz CT molecular complexity index is 497. The summed E-state index contributed by atoms with van der Waals surface area (Å²) in [6.07, 6.45) is 1.18. The zero-order chi connectivity index (χ0) is 13.8. The van der Waals surface area contributed by atoms with Crippen molar-refractivity contribution in [3.8, 4) is 11.5 Å². The van der Waals surface area contributed by atoms with Crippen molar-refractivity contribution in [1.29, 1.82) is 0 Å². The van der Waals surface area contributed by atoms with Crippen LogP contribution in [-0.2, 0) is 16.6 Å². The largest absolute Gasteiger partial charge is 0.493 e. The summed E-state index contributed by atoms with van der Waals surface area (Å²) in [6, 6.07) is 5.34. The summed E-state index contributed by atoms with van der Waals surface area (Å²) in [5.74, 6) is 1.24. The molecular weight excluding hydrogens is 254 g/mol. The van der Waals surface area contributed by atoms with Gasteiger partial charge >= 0.3 is 0 Å².